The Balaban J connectivity index is 1.67. The van der Waals surface area contributed by atoms with Crippen molar-refractivity contribution in [2.45, 2.75) is 131 Å². The minimum absolute atomic E-state index is 0.00958. The highest BCUT2D eigenvalue weighted by molar-refractivity contribution is 5.41. The van der Waals surface area contributed by atoms with Crippen LogP contribution in [0, 0.1) is 39.9 Å². The van der Waals surface area contributed by atoms with E-state index < -0.39 is 0 Å². The molecule has 0 aromatic carbocycles. The molecule has 0 bridgehead atoms. The summed E-state index contributed by atoms with van der Waals surface area (Å²) in [5, 5.41) is 10.8. The maximum absolute atomic E-state index is 10.8. The zero-order chi connectivity index (χ0) is 23.5. The summed E-state index contributed by atoms with van der Waals surface area (Å²) in [6.45, 7) is 20.4. The Hall–Kier alpha value is -0.340. The highest BCUT2D eigenvalue weighted by Crippen LogP contribution is 2.69. The molecular formula is C30H52O2. The van der Waals surface area contributed by atoms with E-state index in [1.54, 1.807) is 11.1 Å². The van der Waals surface area contributed by atoms with Gasteiger partial charge in [0.25, 0.3) is 0 Å². The van der Waals surface area contributed by atoms with Gasteiger partial charge in [-0.15, -0.1) is 0 Å². The highest BCUT2D eigenvalue weighted by Gasteiger charge is 2.65. The second kappa shape index (κ2) is 8.40. The van der Waals surface area contributed by atoms with Crippen LogP contribution in [0.2, 0.25) is 0 Å². The Labute approximate surface area is 199 Å². The minimum atomic E-state index is -0.157. The first-order valence-corrected chi connectivity index (χ1v) is 14.0. The number of hydrogen-bond donors (Lipinski definition) is 1. The van der Waals surface area contributed by atoms with Crippen LogP contribution in [-0.2, 0) is 4.74 Å². The molecule has 1 saturated carbocycles. The monoisotopic (exact) mass is 444 g/mol. The van der Waals surface area contributed by atoms with E-state index in [2.05, 4.69) is 55.4 Å². The van der Waals surface area contributed by atoms with Gasteiger partial charge in [-0.1, -0.05) is 80.2 Å². The number of ether oxygens (including phenoxy) is 1. The first-order chi connectivity index (χ1) is 14.9. The largest absolute Gasteiger partial charge is 0.393 e. The highest BCUT2D eigenvalue weighted by atomic mass is 16.5. The van der Waals surface area contributed by atoms with Gasteiger partial charge in [0.1, 0.15) is 0 Å². The second-order valence-electron chi connectivity index (χ2n) is 13.7. The molecule has 2 nitrogen and oxygen atoms in total. The van der Waals surface area contributed by atoms with Gasteiger partial charge in [-0.05, 0) is 85.0 Å². The van der Waals surface area contributed by atoms with Crippen molar-refractivity contribution in [1.29, 1.82) is 0 Å². The first-order valence-electron chi connectivity index (χ1n) is 14.0. The number of aliphatic hydroxyl groups excluding tert-OH is 1. The van der Waals surface area contributed by atoms with Crippen LogP contribution in [0.25, 0.3) is 0 Å². The molecule has 1 aliphatic heterocycles. The molecule has 4 rings (SSSR count). The SMILES string of the molecule is CCC12OCC(C(C)CCCC(C)C)C1(C)CCC1=C2CCC2C1(C)CCC(O)C2(C)C. The Bertz CT molecular complexity index is 735. The molecular weight excluding hydrogens is 392 g/mol. The zero-order valence-corrected chi connectivity index (χ0v) is 22.5. The van der Waals surface area contributed by atoms with Crippen LogP contribution >= 0.6 is 0 Å². The van der Waals surface area contributed by atoms with E-state index in [0.29, 0.717) is 11.8 Å². The molecule has 1 heterocycles. The molecule has 2 fully saturated rings. The van der Waals surface area contributed by atoms with Gasteiger partial charge in [-0.2, -0.15) is 0 Å². The van der Waals surface area contributed by atoms with E-state index >= 15 is 0 Å². The Kier molecular flexibility index (Phi) is 6.50. The average molecular weight is 445 g/mol. The number of hydrogen-bond acceptors (Lipinski definition) is 2. The van der Waals surface area contributed by atoms with Gasteiger partial charge in [0.05, 0.1) is 18.3 Å². The topological polar surface area (TPSA) is 29.5 Å². The molecule has 7 atom stereocenters. The third kappa shape index (κ3) is 3.40. The summed E-state index contributed by atoms with van der Waals surface area (Å²) in [7, 11) is 0. The predicted octanol–water partition coefficient (Wildman–Crippen LogP) is 7.94. The molecule has 0 spiro atoms. The third-order valence-corrected chi connectivity index (χ3v) is 11.5. The zero-order valence-electron chi connectivity index (χ0n) is 22.5. The van der Waals surface area contributed by atoms with E-state index in [-0.39, 0.29) is 27.9 Å². The number of rotatable bonds is 6. The van der Waals surface area contributed by atoms with E-state index in [1.165, 1.54) is 44.9 Å². The van der Waals surface area contributed by atoms with Gasteiger partial charge in [0.2, 0.25) is 0 Å². The Morgan fingerprint density at radius 3 is 2.34 bits per heavy atom. The lowest BCUT2D eigenvalue weighted by molar-refractivity contribution is -0.105. The lowest BCUT2D eigenvalue weighted by Crippen LogP contribution is -2.57. The molecule has 0 amide bonds. The lowest BCUT2D eigenvalue weighted by atomic mass is 9.44. The van der Waals surface area contributed by atoms with Gasteiger partial charge in [0.15, 0.2) is 0 Å². The molecule has 184 valence electrons. The van der Waals surface area contributed by atoms with Crippen molar-refractivity contribution in [3.63, 3.8) is 0 Å². The predicted molar refractivity (Wildman–Crippen MR) is 135 cm³/mol. The van der Waals surface area contributed by atoms with Gasteiger partial charge in [0, 0.05) is 5.41 Å². The van der Waals surface area contributed by atoms with Crippen LogP contribution < -0.4 is 0 Å². The van der Waals surface area contributed by atoms with E-state index in [9.17, 15) is 5.11 Å². The van der Waals surface area contributed by atoms with Crippen LogP contribution in [0.1, 0.15) is 120 Å². The van der Waals surface area contributed by atoms with Crippen molar-refractivity contribution in [2.24, 2.45) is 39.9 Å². The first kappa shape index (κ1) is 24.8. The smallest absolute Gasteiger partial charge is 0.0948 e. The number of aliphatic hydroxyl groups is 1. The van der Waals surface area contributed by atoms with Gasteiger partial charge >= 0.3 is 0 Å². The summed E-state index contributed by atoms with van der Waals surface area (Å²) in [4.78, 5) is 0. The Morgan fingerprint density at radius 1 is 0.969 bits per heavy atom. The molecule has 0 radical (unpaired) electrons. The quantitative estimate of drug-likeness (QED) is 0.421. The fraction of sp³-hybridized carbons (Fsp3) is 0.933. The second-order valence-corrected chi connectivity index (χ2v) is 13.7. The summed E-state index contributed by atoms with van der Waals surface area (Å²) in [6, 6.07) is 0. The normalized spacial score (nSPS) is 44.2. The maximum atomic E-state index is 10.8. The number of fused-ring (bicyclic) bond motifs is 4. The van der Waals surface area contributed by atoms with Crippen molar-refractivity contribution in [1.82, 2.24) is 0 Å². The van der Waals surface area contributed by atoms with Crippen molar-refractivity contribution in [2.75, 3.05) is 6.61 Å². The van der Waals surface area contributed by atoms with Gasteiger partial charge < -0.3 is 9.84 Å². The molecule has 0 aromatic rings. The molecule has 4 aliphatic rings. The maximum Gasteiger partial charge on any atom is 0.0948 e. The van der Waals surface area contributed by atoms with E-state index in [0.717, 1.165) is 37.7 Å². The fourth-order valence-electron chi connectivity index (χ4n) is 9.40. The lowest BCUT2D eigenvalue weighted by Gasteiger charge is -2.61. The van der Waals surface area contributed by atoms with Gasteiger partial charge in [-0.3, -0.25) is 0 Å². The molecule has 32 heavy (non-hydrogen) atoms. The summed E-state index contributed by atoms with van der Waals surface area (Å²) >= 11 is 0. The van der Waals surface area contributed by atoms with Crippen molar-refractivity contribution in [3.8, 4) is 0 Å². The van der Waals surface area contributed by atoms with Crippen LogP contribution in [0.3, 0.4) is 0 Å². The van der Waals surface area contributed by atoms with Crippen LogP contribution in [0.5, 0.6) is 0 Å². The molecule has 7 unspecified atom stereocenters. The van der Waals surface area contributed by atoms with Crippen LogP contribution in [0.4, 0.5) is 0 Å². The molecule has 2 heteroatoms. The molecule has 1 saturated heterocycles. The van der Waals surface area contributed by atoms with Crippen molar-refractivity contribution < 1.29 is 9.84 Å². The summed E-state index contributed by atoms with van der Waals surface area (Å²) in [6.07, 6.45) is 12.0. The molecule has 1 N–H and O–H groups in total. The summed E-state index contributed by atoms with van der Waals surface area (Å²) < 4.78 is 7.02. The summed E-state index contributed by atoms with van der Waals surface area (Å²) in [5.41, 5.74) is 3.92. The van der Waals surface area contributed by atoms with Crippen LogP contribution in [-0.4, -0.2) is 23.4 Å². The Morgan fingerprint density at radius 2 is 1.69 bits per heavy atom. The number of allylic oxidation sites excluding steroid dienone is 1. The standard InChI is InChI=1S/C30H52O2/c1-9-30-23-13-14-25-27(5,6)26(31)16-17-28(25,7)22(23)15-18-29(30,8)24(19-32-30)21(4)12-10-11-20(2)3/h20-21,24-26,31H,9-19H2,1-8H3. The molecule has 0 aromatic heterocycles. The van der Waals surface area contributed by atoms with Crippen LogP contribution in [0.15, 0.2) is 11.1 Å². The minimum Gasteiger partial charge on any atom is -0.393 e. The molecule has 3 aliphatic carbocycles. The van der Waals surface area contributed by atoms with E-state index in [1.807, 2.05) is 0 Å². The third-order valence-electron chi connectivity index (χ3n) is 11.5. The van der Waals surface area contributed by atoms with E-state index in [4.69, 9.17) is 4.74 Å². The van der Waals surface area contributed by atoms with Gasteiger partial charge in [-0.25, -0.2) is 0 Å². The average Bonchev–Trinajstić information content (AvgIpc) is 3.04. The summed E-state index contributed by atoms with van der Waals surface area (Å²) in [5.74, 6) is 2.82. The van der Waals surface area contributed by atoms with Crippen molar-refractivity contribution >= 4 is 0 Å². The fourth-order valence-corrected chi connectivity index (χ4v) is 9.40. The van der Waals surface area contributed by atoms with Crippen molar-refractivity contribution in [3.05, 3.63) is 11.1 Å².